The van der Waals surface area contributed by atoms with Gasteiger partial charge in [0.15, 0.2) is 9.84 Å². The Labute approximate surface area is 207 Å². The highest BCUT2D eigenvalue weighted by molar-refractivity contribution is 7.91. The number of hydrogen-bond acceptors (Lipinski definition) is 8. The lowest BCUT2D eigenvalue weighted by Crippen LogP contribution is -2.24. The maximum Gasteiger partial charge on any atom is 0.253 e. The van der Waals surface area contributed by atoms with Gasteiger partial charge in [-0.15, -0.1) is 0 Å². The van der Waals surface area contributed by atoms with Gasteiger partial charge in [0.25, 0.3) is 5.91 Å². The Balaban J connectivity index is 1.21. The molecule has 0 atom stereocenters. The van der Waals surface area contributed by atoms with Gasteiger partial charge >= 0.3 is 0 Å². The van der Waals surface area contributed by atoms with E-state index in [0.717, 1.165) is 28.0 Å². The number of sulfone groups is 1. The summed E-state index contributed by atoms with van der Waals surface area (Å²) in [6, 6.07) is 13.1. The van der Waals surface area contributed by atoms with E-state index in [1.54, 1.807) is 6.20 Å². The molecule has 1 aliphatic carbocycles. The maximum absolute atomic E-state index is 12.8. The summed E-state index contributed by atoms with van der Waals surface area (Å²) in [7, 11) is -3.55. The highest BCUT2D eigenvalue weighted by atomic mass is 32.2. The lowest BCUT2D eigenvalue weighted by Gasteiger charge is -2.09. The van der Waals surface area contributed by atoms with Crippen molar-refractivity contribution in [2.75, 3.05) is 12.4 Å². The molecule has 182 valence electrons. The average Bonchev–Trinajstić information content (AvgIpc) is 3.76. The minimum Gasteiger partial charge on any atom is -0.374 e. The standard InChI is InChI=1S/C26H23N5O4S/c32-26(18-10-25-24(28-13-18)15-35-8-9-36(25,33)34)29-14-19-11-23-17(12-27-19)6-7-22(31-23)21-3-1-2-20(30-21)16-4-5-16/h1-3,6-7,10-13,16H,4-5,8-9,14-15H2,(H,29,32). The molecule has 10 heteroatoms. The van der Waals surface area contributed by atoms with Gasteiger partial charge in [-0.3, -0.25) is 19.7 Å². The van der Waals surface area contributed by atoms with Crippen molar-refractivity contribution < 1.29 is 17.9 Å². The first-order chi connectivity index (χ1) is 17.5. The summed E-state index contributed by atoms with van der Waals surface area (Å²) in [5.74, 6) is -0.00763. The summed E-state index contributed by atoms with van der Waals surface area (Å²) in [5, 5.41) is 3.68. The molecule has 0 spiro atoms. The molecule has 1 saturated carbocycles. The van der Waals surface area contributed by atoms with Crippen LogP contribution in [0.5, 0.6) is 0 Å². The highest BCUT2D eigenvalue weighted by Crippen LogP contribution is 2.39. The topological polar surface area (TPSA) is 124 Å². The van der Waals surface area contributed by atoms with Crippen LogP contribution in [0.1, 0.15) is 46.2 Å². The van der Waals surface area contributed by atoms with E-state index in [2.05, 4.69) is 21.4 Å². The van der Waals surface area contributed by atoms with Crippen molar-refractivity contribution in [3.8, 4) is 11.4 Å². The Morgan fingerprint density at radius 3 is 2.75 bits per heavy atom. The fraction of sp³-hybridized carbons (Fsp3) is 0.269. The van der Waals surface area contributed by atoms with Gasteiger partial charge in [-0.25, -0.2) is 13.4 Å². The molecule has 4 aromatic rings. The second-order valence-electron chi connectivity index (χ2n) is 9.01. The van der Waals surface area contributed by atoms with Gasteiger partial charge in [-0.2, -0.15) is 0 Å². The molecular weight excluding hydrogens is 478 g/mol. The third kappa shape index (κ3) is 4.57. The number of carbonyl (C=O) groups is 1. The zero-order valence-electron chi connectivity index (χ0n) is 19.3. The first kappa shape index (κ1) is 22.7. The lowest BCUT2D eigenvalue weighted by molar-refractivity contribution is 0.0949. The molecule has 4 aromatic heterocycles. The van der Waals surface area contributed by atoms with Crippen LogP contribution in [-0.2, 0) is 27.7 Å². The van der Waals surface area contributed by atoms with Gasteiger partial charge in [0.05, 0.1) is 64.3 Å². The van der Waals surface area contributed by atoms with Crippen molar-refractivity contribution in [1.29, 1.82) is 0 Å². The molecule has 9 nitrogen and oxygen atoms in total. The average molecular weight is 502 g/mol. The van der Waals surface area contributed by atoms with Crippen molar-refractivity contribution in [3.05, 3.63) is 77.5 Å². The quantitative estimate of drug-likeness (QED) is 0.442. The summed E-state index contributed by atoms with van der Waals surface area (Å²) in [6.45, 7) is 0.363. The highest BCUT2D eigenvalue weighted by Gasteiger charge is 2.26. The second-order valence-corrected chi connectivity index (χ2v) is 11.1. The van der Waals surface area contributed by atoms with E-state index in [4.69, 9.17) is 14.7 Å². The normalized spacial score (nSPS) is 16.8. The van der Waals surface area contributed by atoms with E-state index >= 15 is 0 Å². The van der Waals surface area contributed by atoms with Crippen LogP contribution in [0.3, 0.4) is 0 Å². The van der Waals surface area contributed by atoms with Crippen LogP contribution < -0.4 is 5.32 Å². The third-order valence-corrected chi connectivity index (χ3v) is 8.08. The van der Waals surface area contributed by atoms with Gasteiger partial charge in [0.1, 0.15) is 0 Å². The summed E-state index contributed by atoms with van der Waals surface area (Å²) in [4.78, 5) is 31.0. The first-order valence-electron chi connectivity index (χ1n) is 11.8. The smallest absolute Gasteiger partial charge is 0.253 e. The number of ether oxygens (including phenoxy) is 1. The minimum atomic E-state index is -3.55. The largest absolute Gasteiger partial charge is 0.374 e. The molecule has 0 aromatic carbocycles. The number of hydrogen-bond donors (Lipinski definition) is 1. The van der Waals surface area contributed by atoms with Crippen molar-refractivity contribution in [2.45, 2.75) is 36.8 Å². The Bertz CT molecular complexity index is 1600. The molecule has 0 bridgehead atoms. The van der Waals surface area contributed by atoms with Crippen LogP contribution in [0, 0.1) is 0 Å². The maximum atomic E-state index is 12.8. The summed E-state index contributed by atoms with van der Waals surface area (Å²) < 4.78 is 30.3. The number of carbonyl (C=O) groups excluding carboxylic acids is 1. The van der Waals surface area contributed by atoms with Crippen molar-refractivity contribution in [3.63, 3.8) is 0 Å². The zero-order chi connectivity index (χ0) is 24.7. The molecule has 1 N–H and O–H groups in total. The predicted octanol–water partition coefficient (Wildman–Crippen LogP) is 3.20. The number of rotatable bonds is 5. The van der Waals surface area contributed by atoms with Crippen molar-refractivity contribution >= 4 is 26.6 Å². The number of pyridine rings is 4. The molecule has 5 heterocycles. The summed E-state index contributed by atoms with van der Waals surface area (Å²) in [5.41, 5.74) is 4.60. The Hall–Kier alpha value is -3.76. The Morgan fingerprint density at radius 2 is 1.89 bits per heavy atom. The minimum absolute atomic E-state index is 0.0487. The molecule has 1 aliphatic heterocycles. The molecule has 1 amide bonds. The zero-order valence-corrected chi connectivity index (χ0v) is 20.2. The Kier molecular flexibility index (Phi) is 5.69. The number of amides is 1. The van der Waals surface area contributed by atoms with E-state index in [0.29, 0.717) is 17.3 Å². The third-order valence-electron chi connectivity index (χ3n) is 6.35. The van der Waals surface area contributed by atoms with Crippen LogP contribution in [0.15, 0.2) is 59.8 Å². The molecule has 2 aliphatic rings. The molecule has 6 rings (SSSR count). The van der Waals surface area contributed by atoms with E-state index in [-0.39, 0.29) is 36.0 Å². The molecular formula is C26H23N5O4S. The van der Waals surface area contributed by atoms with Crippen LogP contribution in [-0.4, -0.2) is 46.6 Å². The number of nitrogens with one attached hydrogen (secondary N) is 1. The number of aromatic nitrogens is 4. The van der Waals surface area contributed by atoms with Crippen molar-refractivity contribution in [2.24, 2.45) is 0 Å². The summed E-state index contributed by atoms with van der Waals surface area (Å²) in [6.07, 6.45) is 5.46. The van der Waals surface area contributed by atoms with Gasteiger partial charge in [0, 0.05) is 29.4 Å². The predicted molar refractivity (Wildman–Crippen MR) is 132 cm³/mol. The van der Waals surface area contributed by atoms with Gasteiger partial charge in [0.2, 0.25) is 0 Å². The van der Waals surface area contributed by atoms with Crippen molar-refractivity contribution in [1.82, 2.24) is 25.3 Å². The molecule has 36 heavy (non-hydrogen) atoms. The fourth-order valence-electron chi connectivity index (χ4n) is 4.19. The second kappa shape index (κ2) is 9.03. The van der Waals surface area contributed by atoms with Gasteiger partial charge < -0.3 is 10.1 Å². The Morgan fingerprint density at radius 1 is 1.03 bits per heavy atom. The van der Waals surface area contributed by atoms with Gasteiger partial charge in [-0.05, 0) is 49.2 Å². The van der Waals surface area contributed by atoms with Crippen LogP contribution >= 0.6 is 0 Å². The molecule has 0 unspecified atom stereocenters. The molecule has 0 saturated heterocycles. The lowest BCUT2D eigenvalue weighted by atomic mass is 10.1. The van der Waals surface area contributed by atoms with E-state index < -0.39 is 15.7 Å². The first-order valence-corrected chi connectivity index (χ1v) is 13.4. The van der Waals surface area contributed by atoms with Crippen LogP contribution in [0.25, 0.3) is 22.3 Å². The number of fused-ring (bicyclic) bond motifs is 2. The SMILES string of the molecule is O=C(NCc1cc2nc(-c3cccc(C4CC4)n3)ccc2cn1)c1cnc2c(c1)S(=O)(=O)CCOC2. The van der Waals surface area contributed by atoms with E-state index in [9.17, 15) is 13.2 Å². The fourth-order valence-corrected chi connectivity index (χ4v) is 5.53. The number of nitrogens with zero attached hydrogens (tertiary/aromatic N) is 4. The van der Waals surface area contributed by atoms with Gasteiger partial charge in [-0.1, -0.05) is 6.07 Å². The van der Waals surface area contributed by atoms with E-state index in [1.807, 2.05) is 30.3 Å². The van der Waals surface area contributed by atoms with Crippen LogP contribution in [0.4, 0.5) is 0 Å². The molecule has 0 radical (unpaired) electrons. The monoisotopic (exact) mass is 501 g/mol. The summed E-state index contributed by atoms with van der Waals surface area (Å²) >= 11 is 0. The molecule has 1 fully saturated rings. The van der Waals surface area contributed by atoms with Crippen LogP contribution in [0.2, 0.25) is 0 Å². The van der Waals surface area contributed by atoms with E-state index in [1.165, 1.54) is 25.1 Å².